The summed E-state index contributed by atoms with van der Waals surface area (Å²) in [5, 5.41) is 12.2. The summed E-state index contributed by atoms with van der Waals surface area (Å²) in [6.45, 7) is 0. The fourth-order valence-corrected chi connectivity index (χ4v) is 4.53. The van der Waals surface area contributed by atoms with Gasteiger partial charge in [-0.2, -0.15) is 0 Å². The summed E-state index contributed by atoms with van der Waals surface area (Å²) in [5.41, 5.74) is 0.397. The van der Waals surface area contributed by atoms with Crippen molar-refractivity contribution in [1.29, 1.82) is 0 Å². The second-order valence-corrected chi connectivity index (χ2v) is 7.37. The number of benzene rings is 1. The Morgan fingerprint density at radius 2 is 1.77 bits per heavy atom. The molecule has 1 amide bonds. The Morgan fingerprint density at radius 1 is 1.04 bits per heavy atom. The predicted molar refractivity (Wildman–Crippen MR) is 97.9 cm³/mol. The van der Waals surface area contributed by atoms with E-state index in [0.29, 0.717) is 23.1 Å². The van der Waals surface area contributed by atoms with E-state index in [0.717, 1.165) is 25.2 Å². The standard InChI is InChI=1S/C20H27NO5/c1-25-17-11-15(20(23)24)10-16(18(17)26-2)21-19(22)14-8-7-12-5-3-4-6-13(12)9-14/h10-14H,3-9H2,1-2H3,(H,21,22)(H,23,24). The number of carbonyl (C=O) groups is 2. The van der Waals surface area contributed by atoms with Gasteiger partial charge in [-0.15, -0.1) is 0 Å². The van der Waals surface area contributed by atoms with Gasteiger partial charge in [-0.05, 0) is 43.2 Å². The number of fused-ring (bicyclic) bond motifs is 1. The molecule has 2 aliphatic rings. The molecule has 0 aliphatic heterocycles. The van der Waals surface area contributed by atoms with Gasteiger partial charge in [0.1, 0.15) is 0 Å². The van der Waals surface area contributed by atoms with Gasteiger partial charge in [-0.25, -0.2) is 4.79 Å². The molecule has 0 radical (unpaired) electrons. The number of carboxylic acid groups (broad SMARTS) is 1. The number of aromatic carboxylic acids is 1. The van der Waals surface area contributed by atoms with Crippen LogP contribution >= 0.6 is 0 Å². The van der Waals surface area contributed by atoms with Crippen molar-refractivity contribution >= 4 is 17.6 Å². The quantitative estimate of drug-likeness (QED) is 0.829. The SMILES string of the molecule is COc1cc(C(=O)O)cc(NC(=O)C2CCC3CCCCC3C2)c1OC. The number of amides is 1. The fourth-order valence-electron chi connectivity index (χ4n) is 4.53. The first-order chi connectivity index (χ1) is 12.5. The molecular formula is C20H27NO5. The topological polar surface area (TPSA) is 84.9 Å². The Hall–Kier alpha value is -2.24. The molecule has 2 fully saturated rings. The summed E-state index contributed by atoms with van der Waals surface area (Å²) in [5.74, 6) is 0.892. The smallest absolute Gasteiger partial charge is 0.335 e. The lowest BCUT2D eigenvalue weighted by Gasteiger charge is -2.38. The van der Waals surface area contributed by atoms with Gasteiger partial charge in [-0.1, -0.05) is 25.7 Å². The average Bonchev–Trinajstić information content (AvgIpc) is 2.66. The van der Waals surface area contributed by atoms with Crippen LogP contribution in [-0.4, -0.2) is 31.2 Å². The highest BCUT2D eigenvalue weighted by atomic mass is 16.5. The van der Waals surface area contributed by atoms with Crippen LogP contribution in [0, 0.1) is 17.8 Å². The van der Waals surface area contributed by atoms with Gasteiger partial charge >= 0.3 is 5.97 Å². The van der Waals surface area contributed by atoms with Crippen LogP contribution in [0.1, 0.15) is 55.3 Å². The minimum Gasteiger partial charge on any atom is -0.493 e. The molecule has 2 N–H and O–H groups in total. The average molecular weight is 361 g/mol. The number of methoxy groups -OCH3 is 2. The minimum absolute atomic E-state index is 0.0291. The molecule has 0 saturated heterocycles. The van der Waals surface area contributed by atoms with E-state index in [9.17, 15) is 14.7 Å². The fraction of sp³-hybridized carbons (Fsp3) is 0.600. The minimum atomic E-state index is -1.08. The van der Waals surface area contributed by atoms with E-state index in [1.54, 1.807) is 0 Å². The van der Waals surface area contributed by atoms with E-state index in [1.807, 2.05) is 0 Å². The first-order valence-corrected chi connectivity index (χ1v) is 9.33. The summed E-state index contributed by atoms with van der Waals surface area (Å²) >= 11 is 0. The van der Waals surface area contributed by atoms with Crippen LogP contribution in [0.25, 0.3) is 0 Å². The summed E-state index contributed by atoms with van der Waals surface area (Å²) in [4.78, 5) is 24.2. The Balaban J connectivity index is 1.78. The molecule has 2 aliphatic carbocycles. The number of anilines is 1. The lowest BCUT2D eigenvalue weighted by Crippen LogP contribution is -2.34. The molecule has 0 bridgehead atoms. The molecule has 1 aromatic rings. The highest BCUT2D eigenvalue weighted by Gasteiger charge is 2.35. The first-order valence-electron chi connectivity index (χ1n) is 9.33. The van der Waals surface area contributed by atoms with E-state index in [4.69, 9.17) is 9.47 Å². The van der Waals surface area contributed by atoms with Crippen molar-refractivity contribution < 1.29 is 24.2 Å². The van der Waals surface area contributed by atoms with Gasteiger partial charge < -0.3 is 19.9 Å². The van der Waals surface area contributed by atoms with Crippen molar-refractivity contribution in [1.82, 2.24) is 0 Å². The normalized spacial score (nSPS) is 25.1. The number of rotatable bonds is 5. The van der Waals surface area contributed by atoms with Gasteiger partial charge in [0, 0.05) is 5.92 Å². The molecule has 3 atom stereocenters. The molecule has 26 heavy (non-hydrogen) atoms. The van der Waals surface area contributed by atoms with Gasteiger partial charge in [0.2, 0.25) is 5.91 Å². The number of nitrogens with one attached hydrogen (secondary N) is 1. The van der Waals surface area contributed by atoms with Crippen LogP contribution in [0.5, 0.6) is 11.5 Å². The van der Waals surface area contributed by atoms with Gasteiger partial charge in [-0.3, -0.25) is 4.79 Å². The molecule has 2 saturated carbocycles. The lowest BCUT2D eigenvalue weighted by molar-refractivity contribution is -0.122. The van der Waals surface area contributed by atoms with Gasteiger partial charge in [0.05, 0.1) is 25.5 Å². The zero-order chi connectivity index (χ0) is 18.7. The monoisotopic (exact) mass is 361 g/mol. The Kier molecular flexibility index (Phi) is 5.69. The van der Waals surface area contributed by atoms with E-state index >= 15 is 0 Å². The van der Waals surface area contributed by atoms with E-state index in [-0.39, 0.29) is 17.4 Å². The maximum atomic E-state index is 12.8. The zero-order valence-electron chi connectivity index (χ0n) is 15.4. The highest BCUT2D eigenvalue weighted by Crippen LogP contribution is 2.43. The molecule has 142 valence electrons. The summed E-state index contributed by atoms with van der Waals surface area (Å²) in [6, 6.07) is 2.82. The van der Waals surface area contributed by atoms with Crippen LogP contribution in [0.4, 0.5) is 5.69 Å². The maximum Gasteiger partial charge on any atom is 0.335 e. The molecular weight excluding hydrogens is 334 g/mol. The Bertz CT molecular complexity index is 687. The van der Waals surface area contributed by atoms with Crippen molar-refractivity contribution in [2.45, 2.75) is 44.9 Å². The largest absolute Gasteiger partial charge is 0.493 e. The van der Waals surface area contributed by atoms with Crippen molar-refractivity contribution in [3.63, 3.8) is 0 Å². The molecule has 0 aromatic heterocycles. The molecule has 3 rings (SSSR count). The number of carboxylic acids is 1. The summed E-state index contributed by atoms with van der Waals surface area (Å²) in [6.07, 6.45) is 8.03. The number of ether oxygens (including phenoxy) is 2. The Morgan fingerprint density at radius 3 is 2.42 bits per heavy atom. The van der Waals surface area contributed by atoms with Crippen molar-refractivity contribution in [3.05, 3.63) is 17.7 Å². The Labute approximate surface area is 153 Å². The lowest BCUT2D eigenvalue weighted by atomic mass is 9.67. The third-order valence-electron chi connectivity index (χ3n) is 5.89. The van der Waals surface area contributed by atoms with E-state index in [2.05, 4.69) is 5.32 Å². The van der Waals surface area contributed by atoms with Crippen LogP contribution in [0.15, 0.2) is 12.1 Å². The molecule has 6 nitrogen and oxygen atoms in total. The predicted octanol–water partition coefficient (Wildman–Crippen LogP) is 3.95. The van der Waals surface area contributed by atoms with Crippen molar-refractivity contribution in [2.75, 3.05) is 19.5 Å². The summed E-state index contributed by atoms with van der Waals surface area (Å²) in [7, 11) is 2.92. The molecule has 6 heteroatoms. The second kappa shape index (κ2) is 7.98. The molecule has 0 spiro atoms. The van der Waals surface area contributed by atoms with E-state index in [1.165, 1.54) is 52.0 Å². The molecule has 1 aromatic carbocycles. The zero-order valence-corrected chi connectivity index (χ0v) is 15.4. The maximum absolute atomic E-state index is 12.8. The highest BCUT2D eigenvalue weighted by molar-refractivity contribution is 5.97. The second-order valence-electron chi connectivity index (χ2n) is 7.37. The summed E-state index contributed by atoms with van der Waals surface area (Å²) < 4.78 is 10.6. The van der Waals surface area contributed by atoms with Crippen molar-refractivity contribution in [2.24, 2.45) is 17.8 Å². The van der Waals surface area contributed by atoms with Gasteiger partial charge in [0.25, 0.3) is 0 Å². The van der Waals surface area contributed by atoms with Crippen LogP contribution in [0.2, 0.25) is 0 Å². The molecule has 0 heterocycles. The van der Waals surface area contributed by atoms with E-state index < -0.39 is 5.97 Å². The number of hydrogen-bond acceptors (Lipinski definition) is 4. The molecule has 3 unspecified atom stereocenters. The van der Waals surface area contributed by atoms with Crippen molar-refractivity contribution in [3.8, 4) is 11.5 Å². The van der Waals surface area contributed by atoms with Crippen LogP contribution < -0.4 is 14.8 Å². The third-order valence-corrected chi connectivity index (χ3v) is 5.89. The number of carbonyl (C=O) groups excluding carboxylic acids is 1. The first kappa shape index (κ1) is 18.5. The van der Waals surface area contributed by atoms with Crippen LogP contribution in [0.3, 0.4) is 0 Å². The third kappa shape index (κ3) is 3.79. The van der Waals surface area contributed by atoms with Gasteiger partial charge in [0.15, 0.2) is 11.5 Å². The number of hydrogen-bond donors (Lipinski definition) is 2. The van der Waals surface area contributed by atoms with Crippen LogP contribution in [-0.2, 0) is 4.79 Å².